The molecule has 1 heterocycles. The molecule has 0 spiro atoms. The Kier molecular flexibility index (Phi) is 5.95. The maximum absolute atomic E-state index is 11.8. The topological polar surface area (TPSA) is 73.6 Å². The van der Waals surface area contributed by atoms with Crippen LogP contribution in [0.1, 0.15) is 18.4 Å². The van der Waals surface area contributed by atoms with E-state index in [4.69, 9.17) is 27.4 Å². The predicted molar refractivity (Wildman–Crippen MR) is 84.4 cm³/mol. The molecule has 0 saturated carbocycles. The van der Waals surface area contributed by atoms with E-state index in [1.54, 1.807) is 0 Å². The Bertz CT molecular complexity index is 484. The first-order valence-electron chi connectivity index (χ1n) is 7.00. The van der Waals surface area contributed by atoms with Crippen LogP contribution in [-0.2, 0) is 16.0 Å². The lowest BCUT2D eigenvalue weighted by molar-refractivity contribution is -0.124. The number of hydrogen-bond donors (Lipinski definition) is 2. The maximum atomic E-state index is 11.8. The molecule has 3 N–H and O–H groups in total. The number of ether oxygens (including phenoxy) is 2. The molecular formula is C15H20N2O3S. The van der Waals surface area contributed by atoms with Crippen molar-refractivity contribution >= 4 is 23.1 Å². The number of thiocarbonyl (C=S) groups is 1. The van der Waals surface area contributed by atoms with E-state index < -0.39 is 0 Å². The third kappa shape index (κ3) is 5.69. The second-order valence-electron chi connectivity index (χ2n) is 5.03. The zero-order valence-electron chi connectivity index (χ0n) is 11.8. The number of benzene rings is 1. The molecule has 5 nitrogen and oxygen atoms in total. The molecule has 1 aliphatic rings. The van der Waals surface area contributed by atoms with Gasteiger partial charge < -0.3 is 20.5 Å². The van der Waals surface area contributed by atoms with E-state index in [-0.39, 0.29) is 18.6 Å². The van der Waals surface area contributed by atoms with Crippen LogP contribution in [-0.4, -0.2) is 36.8 Å². The van der Waals surface area contributed by atoms with Gasteiger partial charge in [0.05, 0.1) is 4.99 Å². The minimum absolute atomic E-state index is 0.0198. The minimum atomic E-state index is -0.103. The molecule has 0 unspecified atom stereocenters. The smallest absolute Gasteiger partial charge is 0.258 e. The second kappa shape index (κ2) is 7.95. The van der Waals surface area contributed by atoms with Gasteiger partial charge in [0.15, 0.2) is 6.61 Å². The van der Waals surface area contributed by atoms with Crippen molar-refractivity contribution in [1.29, 1.82) is 0 Å². The van der Waals surface area contributed by atoms with Gasteiger partial charge in [0.2, 0.25) is 0 Å². The molecule has 2 rings (SSSR count). The average Bonchev–Trinajstić information content (AvgIpc) is 2.47. The lowest BCUT2D eigenvalue weighted by Crippen LogP contribution is -2.41. The first-order chi connectivity index (χ1) is 10.1. The minimum Gasteiger partial charge on any atom is -0.484 e. The van der Waals surface area contributed by atoms with E-state index in [0.29, 0.717) is 30.4 Å². The third-order valence-electron chi connectivity index (χ3n) is 3.26. The summed E-state index contributed by atoms with van der Waals surface area (Å²) in [6.45, 7) is 1.43. The van der Waals surface area contributed by atoms with Crippen molar-refractivity contribution < 1.29 is 14.3 Å². The Hall–Kier alpha value is -1.66. The summed E-state index contributed by atoms with van der Waals surface area (Å²) in [5, 5.41) is 2.95. The van der Waals surface area contributed by atoms with Crippen LogP contribution in [0.25, 0.3) is 0 Å². The Morgan fingerprint density at radius 2 is 2.00 bits per heavy atom. The zero-order chi connectivity index (χ0) is 15.1. The summed E-state index contributed by atoms with van der Waals surface area (Å²) in [5.41, 5.74) is 6.52. The molecule has 0 atom stereocenters. The molecule has 1 saturated heterocycles. The fourth-order valence-corrected chi connectivity index (χ4v) is 2.33. The molecule has 21 heavy (non-hydrogen) atoms. The summed E-state index contributed by atoms with van der Waals surface area (Å²) in [7, 11) is 0. The van der Waals surface area contributed by atoms with E-state index in [1.165, 1.54) is 0 Å². The fourth-order valence-electron chi connectivity index (χ4n) is 2.16. The zero-order valence-corrected chi connectivity index (χ0v) is 12.7. The third-order valence-corrected chi connectivity index (χ3v) is 3.40. The van der Waals surface area contributed by atoms with E-state index in [9.17, 15) is 4.79 Å². The molecule has 1 amide bonds. The van der Waals surface area contributed by atoms with Gasteiger partial charge in [0.1, 0.15) is 5.75 Å². The van der Waals surface area contributed by atoms with Crippen LogP contribution in [0.15, 0.2) is 24.3 Å². The van der Waals surface area contributed by atoms with Gasteiger partial charge in [-0.15, -0.1) is 0 Å². The van der Waals surface area contributed by atoms with E-state index in [0.717, 1.165) is 18.4 Å². The molecule has 1 fully saturated rings. The van der Waals surface area contributed by atoms with Crippen molar-refractivity contribution in [2.24, 2.45) is 5.73 Å². The lowest BCUT2D eigenvalue weighted by atomic mass is 10.1. The van der Waals surface area contributed by atoms with Crippen molar-refractivity contribution in [3.05, 3.63) is 29.8 Å². The maximum Gasteiger partial charge on any atom is 0.258 e. The average molecular weight is 308 g/mol. The first kappa shape index (κ1) is 15.7. The highest BCUT2D eigenvalue weighted by molar-refractivity contribution is 7.80. The van der Waals surface area contributed by atoms with Crippen LogP contribution in [0.5, 0.6) is 5.75 Å². The number of carbonyl (C=O) groups is 1. The molecular weight excluding hydrogens is 288 g/mol. The molecule has 0 aliphatic carbocycles. The first-order valence-corrected chi connectivity index (χ1v) is 7.41. The fraction of sp³-hybridized carbons (Fsp3) is 0.467. The number of rotatable bonds is 6. The Balaban J connectivity index is 1.74. The monoisotopic (exact) mass is 308 g/mol. The highest BCUT2D eigenvalue weighted by Gasteiger charge is 2.16. The normalized spacial score (nSPS) is 15.4. The molecule has 1 aromatic rings. The van der Waals surface area contributed by atoms with Gasteiger partial charge in [-0.3, -0.25) is 4.79 Å². The number of nitrogens with one attached hydrogen (secondary N) is 1. The largest absolute Gasteiger partial charge is 0.484 e. The van der Waals surface area contributed by atoms with Crippen molar-refractivity contribution in [1.82, 2.24) is 5.32 Å². The standard InChI is InChI=1S/C15H20N2O3S/c16-14(21)9-11-1-3-13(4-2-11)20-10-15(18)17-12-5-7-19-8-6-12/h1-4,12H,5-10H2,(H2,16,21)(H,17,18). The van der Waals surface area contributed by atoms with E-state index in [2.05, 4.69) is 5.32 Å². The predicted octanol–water partition coefficient (Wildman–Crippen LogP) is 1.19. The van der Waals surface area contributed by atoms with E-state index >= 15 is 0 Å². The van der Waals surface area contributed by atoms with Crippen molar-refractivity contribution in [2.75, 3.05) is 19.8 Å². The van der Waals surface area contributed by atoms with Gasteiger partial charge in [0.25, 0.3) is 5.91 Å². The van der Waals surface area contributed by atoms with Gasteiger partial charge in [-0.2, -0.15) is 0 Å². The van der Waals surface area contributed by atoms with Crippen molar-refractivity contribution in [3.63, 3.8) is 0 Å². The summed E-state index contributed by atoms with van der Waals surface area (Å²) in [5.74, 6) is 0.554. The van der Waals surface area contributed by atoms with Crippen molar-refractivity contribution in [2.45, 2.75) is 25.3 Å². The summed E-state index contributed by atoms with van der Waals surface area (Å²) in [6, 6.07) is 7.61. The molecule has 1 aromatic carbocycles. The quantitative estimate of drug-likeness (QED) is 0.772. The van der Waals surface area contributed by atoms with Gasteiger partial charge in [-0.25, -0.2) is 0 Å². The highest BCUT2D eigenvalue weighted by Crippen LogP contribution is 2.13. The highest BCUT2D eigenvalue weighted by atomic mass is 32.1. The van der Waals surface area contributed by atoms with Crippen LogP contribution in [0.2, 0.25) is 0 Å². The summed E-state index contributed by atoms with van der Waals surface area (Å²) >= 11 is 4.86. The molecule has 114 valence electrons. The number of nitrogens with two attached hydrogens (primary N) is 1. The number of hydrogen-bond acceptors (Lipinski definition) is 4. The number of carbonyl (C=O) groups excluding carboxylic acids is 1. The second-order valence-corrected chi connectivity index (χ2v) is 5.55. The van der Waals surface area contributed by atoms with Gasteiger partial charge in [0, 0.05) is 25.7 Å². The molecule has 6 heteroatoms. The van der Waals surface area contributed by atoms with Crippen LogP contribution >= 0.6 is 12.2 Å². The molecule has 1 aliphatic heterocycles. The SMILES string of the molecule is NC(=S)Cc1ccc(OCC(=O)NC2CCOCC2)cc1. The summed E-state index contributed by atoms with van der Waals surface area (Å²) in [4.78, 5) is 12.2. The van der Waals surface area contributed by atoms with Gasteiger partial charge in [-0.1, -0.05) is 24.4 Å². The molecule has 0 bridgehead atoms. The Morgan fingerprint density at radius 3 is 2.62 bits per heavy atom. The summed E-state index contributed by atoms with van der Waals surface area (Å²) < 4.78 is 10.7. The van der Waals surface area contributed by atoms with Crippen molar-refractivity contribution in [3.8, 4) is 5.75 Å². The number of amides is 1. The Labute approximate surface area is 129 Å². The van der Waals surface area contributed by atoms with Crippen LogP contribution in [0, 0.1) is 0 Å². The lowest BCUT2D eigenvalue weighted by Gasteiger charge is -2.23. The van der Waals surface area contributed by atoms with E-state index in [1.807, 2.05) is 24.3 Å². The molecule has 0 radical (unpaired) electrons. The Morgan fingerprint density at radius 1 is 1.33 bits per heavy atom. The van der Waals surface area contributed by atoms with Gasteiger partial charge in [-0.05, 0) is 30.5 Å². The van der Waals surface area contributed by atoms with Crippen LogP contribution in [0.4, 0.5) is 0 Å². The van der Waals surface area contributed by atoms with Crippen LogP contribution < -0.4 is 15.8 Å². The van der Waals surface area contributed by atoms with Gasteiger partial charge >= 0.3 is 0 Å². The molecule has 0 aromatic heterocycles. The van der Waals surface area contributed by atoms with Crippen LogP contribution in [0.3, 0.4) is 0 Å². The summed E-state index contributed by atoms with van der Waals surface area (Å²) in [6.07, 6.45) is 2.29.